The third kappa shape index (κ3) is 4.03. The number of hydrogen-bond donors (Lipinski definition) is 2. The topological polar surface area (TPSA) is 58.2 Å². The van der Waals surface area contributed by atoms with E-state index in [1.165, 1.54) is 5.56 Å². The van der Waals surface area contributed by atoms with Crippen LogP contribution in [0.1, 0.15) is 31.7 Å². The van der Waals surface area contributed by atoms with E-state index in [1.807, 2.05) is 12.1 Å². The molecule has 1 aliphatic heterocycles. The first kappa shape index (κ1) is 14.5. The van der Waals surface area contributed by atoms with Crippen molar-refractivity contribution in [2.24, 2.45) is 0 Å². The number of hydrogen-bond acceptors (Lipinski definition) is 3. The Morgan fingerprint density at radius 1 is 1.32 bits per heavy atom. The summed E-state index contributed by atoms with van der Waals surface area (Å²) in [4.78, 5) is 0.352. The summed E-state index contributed by atoms with van der Waals surface area (Å²) in [5.41, 5.74) is 1.18. The zero-order chi connectivity index (χ0) is 13.7. The Morgan fingerprint density at radius 3 is 2.63 bits per heavy atom. The zero-order valence-corrected chi connectivity index (χ0v) is 12.2. The smallest absolute Gasteiger partial charge is 0.240 e. The third-order valence-corrected chi connectivity index (χ3v) is 4.89. The quantitative estimate of drug-likeness (QED) is 0.834. The maximum Gasteiger partial charge on any atom is 0.240 e. The van der Waals surface area contributed by atoms with Crippen LogP contribution in [0.2, 0.25) is 0 Å². The molecular weight excluding hydrogens is 260 g/mol. The van der Waals surface area contributed by atoms with Gasteiger partial charge in [-0.25, -0.2) is 13.1 Å². The van der Waals surface area contributed by atoms with Gasteiger partial charge in [-0.05, 0) is 43.5 Å². The van der Waals surface area contributed by atoms with Crippen LogP contribution in [-0.2, 0) is 16.4 Å². The van der Waals surface area contributed by atoms with E-state index in [4.69, 9.17) is 0 Å². The van der Waals surface area contributed by atoms with Gasteiger partial charge in [0.2, 0.25) is 10.0 Å². The molecule has 2 N–H and O–H groups in total. The number of nitrogens with one attached hydrogen (secondary N) is 2. The van der Waals surface area contributed by atoms with E-state index in [0.29, 0.717) is 11.4 Å². The molecule has 1 fully saturated rings. The normalized spacial score (nSPS) is 19.7. The van der Waals surface area contributed by atoms with E-state index in [1.54, 1.807) is 12.1 Å². The second-order valence-corrected chi connectivity index (χ2v) is 6.81. The molecule has 2 rings (SSSR count). The monoisotopic (exact) mass is 282 g/mol. The van der Waals surface area contributed by atoms with Crippen LogP contribution in [0.4, 0.5) is 0 Å². The van der Waals surface area contributed by atoms with Crippen LogP contribution >= 0.6 is 0 Å². The number of benzene rings is 1. The minimum absolute atomic E-state index is 0.272. The molecule has 0 bridgehead atoms. The summed E-state index contributed by atoms with van der Waals surface area (Å²) < 4.78 is 26.9. The van der Waals surface area contributed by atoms with Crippen molar-refractivity contribution < 1.29 is 8.42 Å². The standard InChI is InChI=1S/C14H22N2O2S/c1-2-4-12-6-8-14(9-7-12)19(17,18)16-11-13-5-3-10-15-13/h6-9,13,15-16H,2-5,10-11H2,1H3/t13-/m1/s1. The van der Waals surface area contributed by atoms with Crippen LogP contribution in [0.3, 0.4) is 0 Å². The molecule has 1 saturated heterocycles. The Balaban J connectivity index is 1.97. The molecular formula is C14H22N2O2S. The van der Waals surface area contributed by atoms with Gasteiger partial charge >= 0.3 is 0 Å². The molecule has 1 atom stereocenters. The van der Waals surface area contributed by atoms with Gasteiger partial charge in [-0.1, -0.05) is 25.5 Å². The molecule has 1 aromatic carbocycles. The summed E-state index contributed by atoms with van der Waals surface area (Å²) in [7, 11) is -3.37. The van der Waals surface area contributed by atoms with Gasteiger partial charge in [0.15, 0.2) is 0 Å². The molecule has 0 aromatic heterocycles. The van der Waals surface area contributed by atoms with Crippen LogP contribution in [0.5, 0.6) is 0 Å². The molecule has 4 nitrogen and oxygen atoms in total. The van der Waals surface area contributed by atoms with Crippen LogP contribution in [-0.4, -0.2) is 27.5 Å². The Hall–Kier alpha value is -0.910. The predicted octanol–water partition coefficient (Wildman–Crippen LogP) is 1.67. The van der Waals surface area contributed by atoms with Gasteiger partial charge in [0.25, 0.3) is 0 Å². The minimum Gasteiger partial charge on any atom is -0.313 e. The highest BCUT2D eigenvalue weighted by Gasteiger charge is 2.18. The average Bonchev–Trinajstić information content (AvgIpc) is 2.91. The van der Waals surface area contributed by atoms with E-state index >= 15 is 0 Å². The van der Waals surface area contributed by atoms with Crippen LogP contribution in [0, 0.1) is 0 Å². The second-order valence-electron chi connectivity index (χ2n) is 5.04. The van der Waals surface area contributed by atoms with E-state index < -0.39 is 10.0 Å². The van der Waals surface area contributed by atoms with Crippen molar-refractivity contribution in [1.82, 2.24) is 10.0 Å². The van der Waals surface area contributed by atoms with Crippen molar-refractivity contribution in [3.8, 4) is 0 Å². The van der Waals surface area contributed by atoms with Crippen molar-refractivity contribution >= 4 is 10.0 Å². The summed E-state index contributed by atoms with van der Waals surface area (Å²) >= 11 is 0. The first-order valence-corrected chi connectivity index (χ1v) is 8.42. The predicted molar refractivity (Wildman–Crippen MR) is 76.7 cm³/mol. The second kappa shape index (κ2) is 6.50. The van der Waals surface area contributed by atoms with Crippen molar-refractivity contribution in [1.29, 1.82) is 0 Å². The van der Waals surface area contributed by atoms with Gasteiger partial charge in [0.1, 0.15) is 0 Å². The first-order valence-electron chi connectivity index (χ1n) is 6.94. The lowest BCUT2D eigenvalue weighted by atomic mass is 10.1. The third-order valence-electron chi connectivity index (χ3n) is 3.45. The van der Waals surface area contributed by atoms with Gasteiger partial charge in [0, 0.05) is 12.6 Å². The summed E-state index contributed by atoms with van der Waals surface area (Å²) in [5, 5.41) is 3.28. The molecule has 0 saturated carbocycles. The van der Waals surface area contributed by atoms with E-state index in [-0.39, 0.29) is 6.04 Å². The summed E-state index contributed by atoms with van der Waals surface area (Å²) in [6, 6.07) is 7.44. The molecule has 1 aliphatic rings. The summed E-state index contributed by atoms with van der Waals surface area (Å²) in [6.07, 6.45) is 4.22. The van der Waals surface area contributed by atoms with Gasteiger partial charge in [0.05, 0.1) is 4.90 Å². The minimum atomic E-state index is -3.37. The summed E-state index contributed by atoms with van der Waals surface area (Å²) in [6.45, 7) is 3.57. The van der Waals surface area contributed by atoms with Gasteiger partial charge in [-0.3, -0.25) is 0 Å². The number of rotatable bonds is 6. The molecule has 0 unspecified atom stereocenters. The largest absolute Gasteiger partial charge is 0.313 e. The molecule has 0 aliphatic carbocycles. The Morgan fingerprint density at radius 2 is 2.05 bits per heavy atom. The van der Waals surface area contributed by atoms with Gasteiger partial charge in [-0.2, -0.15) is 0 Å². The lowest BCUT2D eigenvalue weighted by Crippen LogP contribution is -2.37. The zero-order valence-electron chi connectivity index (χ0n) is 11.4. The molecule has 106 valence electrons. The molecule has 0 radical (unpaired) electrons. The highest BCUT2D eigenvalue weighted by molar-refractivity contribution is 7.89. The maximum atomic E-state index is 12.1. The molecule has 19 heavy (non-hydrogen) atoms. The summed E-state index contributed by atoms with van der Waals surface area (Å²) in [5.74, 6) is 0. The molecule has 1 heterocycles. The average molecular weight is 282 g/mol. The molecule has 0 spiro atoms. The SMILES string of the molecule is CCCc1ccc(S(=O)(=O)NC[C@H]2CCCN2)cc1. The lowest BCUT2D eigenvalue weighted by Gasteiger charge is -2.12. The molecule has 5 heteroatoms. The fourth-order valence-corrected chi connectivity index (χ4v) is 3.43. The van der Waals surface area contributed by atoms with Crippen LogP contribution < -0.4 is 10.0 Å². The highest BCUT2D eigenvalue weighted by Crippen LogP contribution is 2.12. The first-order chi connectivity index (χ1) is 9.12. The number of aryl methyl sites for hydroxylation is 1. The fourth-order valence-electron chi connectivity index (χ4n) is 2.35. The van der Waals surface area contributed by atoms with E-state index in [0.717, 1.165) is 32.2 Å². The van der Waals surface area contributed by atoms with Gasteiger partial charge < -0.3 is 5.32 Å². The van der Waals surface area contributed by atoms with Gasteiger partial charge in [-0.15, -0.1) is 0 Å². The van der Waals surface area contributed by atoms with E-state index in [9.17, 15) is 8.42 Å². The van der Waals surface area contributed by atoms with Crippen molar-refractivity contribution in [3.05, 3.63) is 29.8 Å². The van der Waals surface area contributed by atoms with Crippen molar-refractivity contribution in [2.45, 2.75) is 43.5 Å². The Kier molecular flexibility index (Phi) is 4.96. The van der Waals surface area contributed by atoms with Crippen LogP contribution in [0.15, 0.2) is 29.2 Å². The Labute approximate surface area is 115 Å². The lowest BCUT2D eigenvalue weighted by molar-refractivity contribution is 0.552. The highest BCUT2D eigenvalue weighted by atomic mass is 32.2. The molecule has 0 amide bonds. The fraction of sp³-hybridized carbons (Fsp3) is 0.571. The van der Waals surface area contributed by atoms with Crippen molar-refractivity contribution in [3.63, 3.8) is 0 Å². The van der Waals surface area contributed by atoms with Crippen molar-refractivity contribution in [2.75, 3.05) is 13.1 Å². The number of sulfonamides is 1. The van der Waals surface area contributed by atoms with Crippen LogP contribution in [0.25, 0.3) is 0 Å². The maximum absolute atomic E-state index is 12.1. The molecule has 1 aromatic rings. The Bertz CT molecular complexity index is 491. The van der Waals surface area contributed by atoms with E-state index in [2.05, 4.69) is 17.0 Å².